The lowest BCUT2D eigenvalue weighted by atomic mass is 10.0. The van der Waals surface area contributed by atoms with Gasteiger partial charge in [0.2, 0.25) is 0 Å². The largest absolute Gasteiger partial charge is 0.490 e. The molecule has 3 rings (SSSR count). The number of aliphatic hydroxyl groups excluding tert-OH is 1. The van der Waals surface area contributed by atoms with Gasteiger partial charge < -0.3 is 15.2 Å². The van der Waals surface area contributed by atoms with E-state index in [1.165, 1.54) is 5.56 Å². The number of aryl methyl sites for hydroxylation is 2. The molecule has 0 radical (unpaired) electrons. The maximum Gasteiger partial charge on any atom is 0.125 e. The van der Waals surface area contributed by atoms with Gasteiger partial charge in [-0.05, 0) is 56.5 Å². The van der Waals surface area contributed by atoms with Gasteiger partial charge >= 0.3 is 0 Å². The van der Waals surface area contributed by atoms with Crippen LogP contribution in [0.4, 0.5) is 0 Å². The topological polar surface area (TPSA) is 44.7 Å². The molecule has 4 nitrogen and oxygen atoms in total. The number of nitrogens with zero attached hydrogens (tertiary/aromatic N) is 1. The summed E-state index contributed by atoms with van der Waals surface area (Å²) in [5.41, 5.74) is 3.60. The number of para-hydroxylation sites is 1. The van der Waals surface area contributed by atoms with Crippen molar-refractivity contribution in [1.82, 2.24) is 10.2 Å². The van der Waals surface area contributed by atoms with Crippen LogP contribution in [0.3, 0.4) is 0 Å². The van der Waals surface area contributed by atoms with Crippen molar-refractivity contribution in [1.29, 1.82) is 0 Å². The minimum absolute atomic E-state index is 0.325. The summed E-state index contributed by atoms with van der Waals surface area (Å²) < 4.78 is 5.85. The smallest absolute Gasteiger partial charge is 0.125 e. The number of nitrogens with one attached hydrogen (secondary N) is 1. The van der Waals surface area contributed by atoms with Crippen molar-refractivity contribution in [2.24, 2.45) is 0 Å². The highest BCUT2D eigenvalue weighted by Gasteiger charge is 2.20. The van der Waals surface area contributed by atoms with Crippen LogP contribution in [0.5, 0.6) is 5.75 Å². The molecule has 0 saturated carbocycles. The van der Waals surface area contributed by atoms with E-state index in [0.717, 1.165) is 49.4 Å². The van der Waals surface area contributed by atoms with Crippen molar-refractivity contribution in [3.8, 4) is 5.75 Å². The summed E-state index contributed by atoms with van der Waals surface area (Å²) in [6.07, 6.45) is 1.75. The number of aliphatic hydroxyl groups is 1. The van der Waals surface area contributed by atoms with E-state index in [9.17, 15) is 5.11 Å². The molecule has 1 aliphatic heterocycles. The molecule has 0 spiro atoms. The number of benzene rings is 2. The fraction of sp³-hybridized carbons (Fsp3) is 0.478. The minimum Gasteiger partial charge on any atom is -0.490 e. The summed E-state index contributed by atoms with van der Waals surface area (Å²) in [4.78, 5) is 2.51. The van der Waals surface area contributed by atoms with Crippen LogP contribution in [0, 0.1) is 13.8 Å². The van der Waals surface area contributed by atoms with E-state index < -0.39 is 6.10 Å². The van der Waals surface area contributed by atoms with Crippen LogP contribution in [-0.4, -0.2) is 48.4 Å². The van der Waals surface area contributed by atoms with E-state index in [0.29, 0.717) is 19.2 Å². The van der Waals surface area contributed by atoms with E-state index in [2.05, 4.69) is 40.5 Å². The van der Waals surface area contributed by atoms with E-state index >= 15 is 0 Å². The molecule has 2 N–H and O–H groups in total. The van der Waals surface area contributed by atoms with Crippen LogP contribution in [0.15, 0.2) is 48.5 Å². The zero-order valence-electron chi connectivity index (χ0n) is 16.5. The number of piperidine rings is 1. The average molecular weight is 369 g/mol. The van der Waals surface area contributed by atoms with E-state index in [1.54, 1.807) is 0 Å². The van der Waals surface area contributed by atoms with E-state index in [1.807, 2.05) is 32.0 Å². The molecule has 4 heteroatoms. The monoisotopic (exact) mass is 368 g/mol. The Morgan fingerprint density at radius 1 is 1.04 bits per heavy atom. The van der Waals surface area contributed by atoms with Crippen molar-refractivity contribution >= 4 is 0 Å². The van der Waals surface area contributed by atoms with Gasteiger partial charge in [-0.1, -0.05) is 48.5 Å². The lowest BCUT2D eigenvalue weighted by molar-refractivity contribution is 0.0973. The summed E-state index contributed by atoms with van der Waals surface area (Å²) in [6.45, 7) is 8.20. The number of ether oxygens (including phenoxy) is 1. The van der Waals surface area contributed by atoms with Crippen LogP contribution in [0.2, 0.25) is 0 Å². The quantitative estimate of drug-likeness (QED) is 0.750. The molecule has 0 aliphatic carbocycles. The minimum atomic E-state index is -0.494. The van der Waals surface area contributed by atoms with Gasteiger partial charge in [-0.3, -0.25) is 4.90 Å². The molecule has 2 aromatic rings. The molecule has 0 amide bonds. The van der Waals surface area contributed by atoms with Gasteiger partial charge in [-0.15, -0.1) is 0 Å². The summed E-state index contributed by atoms with van der Waals surface area (Å²) in [7, 11) is 0. The summed E-state index contributed by atoms with van der Waals surface area (Å²) in [5.74, 6) is 0.894. The van der Waals surface area contributed by atoms with Crippen molar-refractivity contribution in [2.45, 2.75) is 45.4 Å². The van der Waals surface area contributed by atoms with Gasteiger partial charge in [0.25, 0.3) is 0 Å². The Morgan fingerprint density at radius 3 is 2.37 bits per heavy atom. The van der Waals surface area contributed by atoms with Crippen molar-refractivity contribution in [3.63, 3.8) is 0 Å². The van der Waals surface area contributed by atoms with Gasteiger partial charge in [0.1, 0.15) is 18.5 Å². The number of rotatable bonds is 8. The van der Waals surface area contributed by atoms with Gasteiger partial charge in [-0.25, -0.2) is 0 Å². The van der Waals surface area contributed by atoms with E-state index in [4.69, 9.17) is 4.74 Å². The van der Waals surface area contributed by atoms with Crippen LogP contribution in [0.25, 0.3) is 0 Å². The number of likely N-dealkylation sites (tertiary alicyclic amines) is 1. The molecular formula is C23H32N2O2. The fourth-order valence-corrected chi connectivity index (χ4v) is 3.70. The predicted molar refractivity (Wildman–Crippen MR) is 110 cm³/mol. The highest BCUT2D eigenvalue weighted by molar-refractivity contribution is 5.39. The highest BCUT2D eigenvalue weighted by Crippen LogP contribution is 2.22. The first kappa shape index (κ1) is 19.9. The fourth-order valence-electron chi connectivity index (χ4n) is 3.70. The summed E-state index contributed by atoms with van der Waals surface area (Å²) in [5, 5.41) is 13.8. The maximum atomic E-state index is 10.3. The average Bonchev–Trinajstić information content (AvgIpc) is 2.68. The molecule has 0 unspecified atom stereocenters. The third kappa shape index (κ3) is 6.06. The summed E-state index contributed by atoms with van der Waals surface area (Å²) in [6, 6.07) is 17.2. The van der Waals surface area contributed by atoms with Crippen LogP contribution >= 0.6 is 0 Å². The molecular weight excluding hydrogens is 336 g/mol. The van der Waals surface area contributed by atoms with Gasteiger partial charge in [0.05, 0.1) is 0 Å². The number of hydrogen-bond donors (Lipinski definition) is 2. The second-order valence-corrected chi connectivity index (χ2v) is 7.63. The van der Waals surface area contributed by atoms with Crippen molar-refractivity contribution < 1.29 is 9.84 Å². The van der Waals surface area contributed by atoms with Gasteiger partial charge in [-0.2, -0.15) is 0 Å². The Morgan fingerprint density at radius 2 is 1.70 bits per heavy atom. The van der Waals surface area contributed by atoms with Crippen molar-refractivity contribution in [3.05, 3.63) is 65.2 Å². The second-order valence-electron chi connectivity index (χ2n) is 7.63. The van der Waals surface area contributed by atoms with Crippen LogP contribution in [-0.2, 0) is 6.54 Å². The molecule has 1 fully saturated rings. The lowest BCUT2D eigenvalue weighted by Gasteiger charge is -2.33. The molecule has 1 saturated heterocycles. The Balaban J connectivity index is 1.35. The molecule has 27 heavy (non-hydrogen) atoms. The Bertz CT molecular complexity index is 677. The zero-order chi connectivity index (χ0) is 19.1. The Hall–Kier alpha value is -1.88. The second kappa shape index (κ2) is 9.88. The SMILES string of the molecule is Cc1cccc(C)c1OC[C@@H](O)CNC1CCN(Cc2ccccc2)CC1. The molecule has 0 aromatic heterocycles. The van der Waals surface area contributed by atoms with Gasteiger partial charge in [0, 0.05) is 19.1 Å². The van der Waals surface area contributed by atoms with Gasteiger partial charge in [0.15, 0.2) is 0 Å². The lowest BCUT2D eigenvalue weighted by Crippen LogP contribution is -2.45. The standard InChI is InChI=1S/C23H32N2O2/c1-18-7-6-8-19(2)23(18)27-17-22(26)15-24-21-11-13-25(14-12-21)16-20-9-4-3-5-10-20/h3-10,21-22,24,26H,11-17H2,1-2H3/t22-/m0/s1. The van der Waals surface area contributed by atoms with Crippen molar-refractivity contribution in [2.75, 3.05) is 26.2 Å². The van der Waals surface area contributed by atoms with Crippen LogP contribution < -0.4 is 10.1 Å². The molecule has 1 heterocycles. The summed E-state index contributed by atoms with van der Waals surface area (Å²) >= 11 is 0. The third-order valence-electron chi connectivity index (χ3n) is 5.31. The predicted octanol–water partition coefficient (Wildman–Crippen LogP) is 3.30. The third-order valence-corrected chi connectivity index (χ3v) is 5.31. The normalized spacial score (nSPS) is 17.0. The number of hydrogen-bond acceptors (Lipinski definition) is 4. The molecule has 1 atom stereocenters. The highest BCUT2D eigenvalue weighted by atomic mass is 16.5. The zero-order valence-corrected chi connectivity index (χ0v) is 16.5. The first-order valence-corrected chi connectivity index (χ1v) is 9.98. The first-order valence-electron chi connectivity index (χ1n) is 9.98. The molecule has 1 aliphatic rings. The first-order chi connectivity index (χ1) is 13.1. The molecule has 146 valence electrons. The maximum absolute atomic E-state index is 10.3. The van der Waals surface area contributed by atoms with Crippen LogP contribution in [0.1, 0.15) is 29.5 Å². The Kier molecular flexibility index (Phi) is 7.27. The van der Waals surface area contributed by atoms with E-state index in [-0.39, 0.29) is 0 Å². The molecule has 0 bridgehead atoms. The Labute approximate surface area is 163 Å². The molecule has 2 aromatic carbocycles.